The number of aryl methyl sites for hydroxylation is 2. The van der Waals surface area contributed by atoms with E-state index in [1.807, 2.05) is 25.1 Å². The second kappa shape index (κ2) is 3.59. The second-order valence-corrected chi connectivity index (χ2v) is 5.73. The van der Waals surface area contributed by atoms with Crippen molar-refractivity contribution >= 4 is 10.2 Å². The zero-order valence-electron chi connectivity index (χ0n) is 8.53. The van der Waals surface area contributed by atoms with Gasteiger partial charge in [-0.15, -0.1) is 3.89 Å². The summed E-state index contributed by atoms with van der Waals surface area (Å²) in [5, 5.41) is -0.841. The Labute approximate surface area is 89.3 Å². The van der Waals surface area contributed by atoms with Crippen LogP contribution in [-0.2, 0) is 23.1 Å². The first-order valence-corrected chi connectivity index (χ1v) is 6.43. The van der Waals surface area contributed by atoms with E-state index in [0.717, 1.165) is 16.7 Å². The van der Waals surface area contributed by atoms with Crippen LogP contribution in [0.25, 0.3) is 0 Å². The fourth-order valence-electron chi connectivity index (χ4n) is 2.09. The van der Waals surface area contributed by atoms with Gasteiger partial charge in [-0.05, 0) is 37.3 Å². The van der Waals surface area contributed by atoms with Crippen molar-refractivity contribution in [2.75, 3.05) is 0 Å². The number of fused-ring (bicyclic) bond motifs is 1. The van der Waals surface area contributed by atoms with Crippen molar-refractivity contribution in [3.05, 3.63) is 34.9 Å². The molecule has 1 aromatic carbocycles. The number of hydrogen-bond donors (Lipinski definition) is 0. The van der Waals surface area contributed by atoms with E-state index in [1.165, 1.54) is 0 Å². The average Bonchev–Trinajstić information content (AvgIpc) is 2.15. The van der Waals surface area contributed by atoms with Crippen molar-refractivity contribution in [3.8, 4) is 0 Å². The molecular weight excluding hydrogens is 215 g/mol. The number of halogens is 1. The molecule has 15 heavy (non-hydrogen) atoms. The highest BCUT2D eigenvalue weighted by atomic mass is 32.3. The number of rotatable bonds is 1. The van der Waals surface area contributed by atoms with Crippen molar-refractivity contribution in [3.63, 3.8) is 0 Å². The second-order valence-electron chi connectivity index (χ2n) is 4.11. The van der Waals surface area contributed by atoms with Gasteiger partial charge in [-0.1, -0.05) is 23.8 Å². The lowest BCUT2D eigenvalue weighted by molar-refractivity contribution is 0.518. The molecule has 2 nitrogen and oxygen atoms in total. The fraction of sp³-hybridized carbons (Fsp3) is 0.455. The predicted molar refractivity (Wildman–Crippen MR) is 57.0 cm³/mol. The molecule has 0 saturated carbocycles. The van der Waals surface area contributed by atoms with E-state index in [2.05, 4.69) is 0 Å². The zero-order chi connectivity index (χ0) is 11.1. The van der Waals surface area contributed by atoms with Crippen LogP contribution in [0.4, 0.5) is 3.89 Å². The van der Waals surface area contributed by atoms with Crippen LogP contribution < -0.4 is 0 Å². The molecule has 1 aliphatic rings. The summed E-state index contributed by atoms with van der Waals surface area (Å²) in [7, 11) is -4.38. The maximum Gasteiger partial charge on any atom is 0.305 e. The number of hydrogen-bond acceptors (Lipinski definition) is 2. The fourth-order valence-corrected chi connectivity index (χ4v) is 2.87. The molecule has 1 aromatic rings. The molecule has 0 aromatic heterocycles. The van der Waals surface area contributed by atoms with Crippen LogP contribution in [0, 0.1) is 6.92 Å². The minimum absolute atomic E-state index is 0.315. The third-order valence-electron chi connectivity index (χ3n) is 2.94. The highest BCUT2D eigenvalue weighted by Crippen LogP contribution is 2.26. The lowest BCUT2D eigenvalue weighted by atomic mass is 9.90. The van der Waals surface area contributed by atoms with Gasteiger partial charge >= 0.3 is 10.2 Å². The SMILES string of the molecule is Cc1ccc2c(c1)CC(S(=O)(=O)F)CC2. The van der Waals surface area contributed by atoms with E-state index >= 15 is 0 Å². The summed E-state index contributed by atoms with van der Waals surface area (Å²) in [5.41, 5.74) is 3.22. The molecule has 0 amide bonds. The van der Waals surface area contributed by atoms with E-state index in [9.17, 15) is 12.3 Å². The van der Waals surface area contributed by atoms with Gasteiger partial charge in [0.2, 0.25) is 0 Å². The van der Waals surface area contributed by atoms with Gasteiger partial charge < -0.3 is 0 Å². The van der Waals surface area contributed by atoms with Gasteiger partial charge in [0.25, 0.3) is 0 Å². The monoisotopic (exact) mass is 228 g/mol. The largest absolute Gasteiger partial charge is 0.305 e. The van der Waals surface area contributed by atoms with E-state index < -0.39 is 15.5 Å². The average molecular weight is 228 g/mol. The minimum Gasteiger partial charge on any atom is -0.195 e. The van der Waals surface area contributed by atoms with E-state index in [0.29, 0.717) is 19.3 Å². The van der Waals surface area contributed by atoms with Crippen LogP contribution in [0.2, 0.25) is 0 Å². The summed E-state index contributed by atoms with van der Waals surface area (Å²) >= 11 is 0. The Morgan fingerprint density at radius 1 is 1.33 bits per heavy atom. The molecule has 1 atom stereocenters. The summed E-state index contributed by atoms with van der Waals surface area (Å²) in [6.45, 7) is 1.95. The molecule has 1 unspecified atom stereocenters. The van der Waals surface area contributed by atoms with Crippen molar-refractivity contribution in [1.82, 2.24) is 0 Å². The summed E-state index contributed by atoms with van der Waals surface area (Å²) in [4.78, 5) is 0. The van der Waals surface area contributed by atoms with Crippen LogP contribution in [0.5, 0.6) is 0 Å². The highest BCUT2D eigenvalue weighted by Gasteiger charge is 2.29. The molecule has 0 saturated heterocycles. The van der Waals surface area contributed by atoms with Crippen molar-refractivity contribution in [2.24, 2.45) is 0 Å². The van der Waals surface area contributed by atoms with Gasteiger partial charge in [0, 0.05) is 0 Å². The smallest absolute Gasteiger partial charge is 0.195 e. The van der Waals surface area contributed by atoms with E-state index in [1.54, 1.807) is 0 Å². The molecule has 82 valence electrons. The summed E-state index contributed by atoms with van der Waals surface area (Å²) < 4.78 is 34.5. The summed E-state index contributed by atoms with van der Waals surface area (Å²) in [5.74, 6) is 0. The molecule has 0 radical (unpaired) electrons. The normalized spacial score (nSPS) is 21.1. The Balaban J connectivity index is 2.34. The van der Waals surface area contributed by atoms with E-state index in [4.69, 9.17) is 0 Å². The Bertz CT molecular complexity index is 479. The van der Waals surface area contributed by atoms with Crippen LogP contribution >= 0.6 is 0 Å². The molecule has 0 aliphatic heterocycles. The lowest BCUT2D eigenvalue weighted by Crippen LogP contribution is -2.25. The first-order valence-electron chi connectivity index (χ1n) is 4.98. The lowest BCUT2D eigenvalue weighted by Gasteiger charge is -2.21. The van der Waals surface area contributed by atoms with Crippen LogP contribution in [0.1, 0.15) is 23.1 Å². The third-order valence-corrected chi connectivity index (χ3v) is 4.14. The van der Waals surface area contributed by atoms with Crippen molar-refractivity contribution in [1.29, 1.82) is 0 Å². The standard InChI is InChI=1S/C11H13FO2S/c1-8-2-3-9-4-5-11(15(12,13)14)7-10(9)6-8/h2-3,6,11H,4-5,7H2,1H3. The van der Waals surface area contributed by atoms with E-state index in [-0.39, 0.29) is 0 Å². The van der Waals surface area contributed by atoms with Gasteiger partial charge in [-0.25, -0.2) is 0 Å². The van der Waals surface area contributed by atoms with Gasteiger partial charge in [0.15, 0.2) is 0 Å². The molecule has 0 bridgehead atoms. The Kier molecular flexibility index (Phi) is 2.54. The first kappa shape index (κ1) is 10.6. The topological polar surface area (TPSA) is 34.1 Å². The quantitative estimate of drug-likeness (QED) is 0.690. The molecule has 1 aliphatic carbocycles. The van der Waals surface area contributed by atoms with Crippen molar-refractivity contribution in [2.45, 2.75) is 31.4 Å². The van der Waals surface area contributed by atoms with Crippen LogP contribution in [0.15, 0.2) is 18.2 Å². The van der Waals surface area contributed by atoms with Gasteiger partial charge in [-0.3, -0.25) is 0 Å². The Hall–Kier alpha value is -0.900. The zero-order valence-corrected chi connectivity index (χ0v) is 9.35. The van der Waals surface area contributed by atoms with Gasteiger partial charge in [0.05, 0.1) is 5.25 Å². The van der Waals surface area contributed by atoms with Crippen LogP contribution in [0.3, 0.4) is 0 Å². The van der Waals surface area contributed by atoms with Crippen molar-refractivity contribution < 1.29 is 12.3 Å². The maximum absolute atomic E-state index is 12.8. The Morgan fingerprint density at radius 3 is 2.73 bits per heavy atom. The maximum atomic E-state index is 12.8. The summed E-state index contributed by atoms with van der Waals surface area (Å²) in [6.07, 6.45) is 1.37. The molecular formula is C11H13FO2S. The molecule has 0 N–H and O–H groups in total. The first-order chi connectivity index (χ1) is 6.97. The Morgan fingerprint density at radius 2 is 2.07 bits per heavy atom. The molecule has 2 rings (SSSR count). The predicted octanol–water partition coefficient (Wildman–Crippen LogP) is 2.15. The molecule has 0 spiro atoms. The molecule has 0 heterocycles. The highest BCUT2D eigenvalue weighted by molar-refractivity contribution is 7.87. The molecule has 4 heteroatoms. The third kappa shape index (κ3) is 2.20. The molecule has 0 fully saturated rings. The summed E-state index contributed by atoms with van der Waals surface area (Å²) in [6, 6.07) is 5.96. The minimum atomic E-state index is -4.38. The number of benzene rings is 1. The van der Waals surface area contributed by atoms with Gasteiger partial charge in [-0.2, -0.15) is 8.42 Å². The van der Waals surface area contributed by atoms with Crippen LogP contribution in [-0.4, -0.2) is 13.7 Å². The van der Waals surface area contributed by atoms with Gasteiger partial charge in [0.1, 0.15) is 0 Å².